The van der Waals surface area contributed by atoms with Crippen molar-refractivity contribution < 1.29 is 23.1 Å². The molecule has 2 fully saturated rings. The van der Waals surface area contributed by atoms with Gasteiger partial charge < -0.3 is 20.3 Å². The highest BCUT2D eigenvalue weighted by atomic mass is 19.3. The number of carbonyl (C=O) groups is 2. The quantitative estimate of drug-likeness (QED) is 0.748. The van der Waals surface area contributed by atoms with Crippen molar-refractivity contribution in [3.63, 3.8) is 0 Å². The summed E-state index contributed by atoms with van der Waals surface area (Å²) < 4.78 is 33.4. The lowest BCUT2D eigenvalue weighted by Gasteiger charge is -2.39. The number of piperidine rings is 1. The molecule has 2 heterocycles. The third-order valence-electron chi connectivity index (χ3n) is 6.37. The number of ether oxygens (including phenoxy) is 1. The second-order valence-electron chi connectivity index (χ2n) is 8.89. The number of amides is 3. The van der Waals surface area contributed by atoms with Gasteiger partial charge in [0.2, 0.25) is 11.8 Å². The standard InChI is InChI=1S/C22H26F2N4O3/c1-20(23,24)12-17(18(29)27-21(14-25)6-7-21)26-19(30)28-10-8-22(9-11-28)16-5-3-2-4-15(16)13-31-22/h2-5,17H,6-13H2,1H3,(H,26,30)(H,27,29)/t17-/m0/s1. The first kappa shape index (κ1) is 21.5. The molecule has 166 valence electrons. The fourth-order valence-electron chi connectivity index (χ4n) is 4.39. The number of fused-ring (bicyclic) bond motifs is 2. The van der Waals surface area contributed by atoms with E-state index in [-0.39, 0.29) is 0 Å². The molecule has 9 heteroatoms. The zero-order chi connectivity index (χ0) is 22.3. The maximum absolute atomic E-state index is 13.7. The van der Waals surface area contributed by atoms with Gasteiger partial charge in [0, 0.05) is 19.5 Å². The fraction of sp³-hybridized carbons (Fsp3) is 0.591. The fourth-order valence-corrected chi connectivity index (χ4v) is 4.39. The molecule has 1 aliphatic carbocycles. The van der Waals surface area contributed by atoms with Gasteiger partial charge in [0.15, 0.2) is 0 Å². The third kappa shape index (κ3) is 4.49. The summed E-state index contributed by atoms with van der Waals surface area (Å²) in [5.74, 6) is -3.90. The van der Waals surface area contributed by atoms with E-state index in [1.165, 1.54) is 4.90 Å². The van der Waals surface area contributed by atoms with Crippen LogP contribution in [0.4, 0.5) is 13.6 Å². The zero-order valence-corrected chi connectivity index (χ0v) is 17.4. The minimum atomic E-state index is -3.15. The number of rotatable bonds is 5. The topological polar surface area (TPSA) is 94.5 Å². The van der Waals surface area contributed by atoms with Gasteiger partial charge in [0.1, 0.15) is 11.6 Å². The largest absolute Gasteiger partial charge is 0.365 e. The van der Waals surface area contributed by atoms with Crippen LogP contribution in [0.1, 0.15) is 50.2 Å². The predicted molar refractivity (Wildman–Crippen MR) is 107 cm³/mol. The van der Waals surface area contributed by atoms with E-state index in [0.29, 0.717) is 52.3 Å². The van der Waals surface area contributed by atoms with Crippen LogP contribution in [0.25, 0.3) is 0 Å². The number of benzene rings is 1. The zero-order valence-electron chi connectivity index (χ0n) is 17.4. The Hall–Kier alpha value is -2.73. The molecule has 0 radical (unpaired) electrons. The van der Waals surface area contributed by atoms with E-state index in [1.54, 1.807) is 0 Å². The van der Waals surface area contributed by atoms with E-state index in [9.17, 15) is 18.4 Å². The van der Waals surface area contributed by atoms with Crippen molar-refractivity contribution in [2.75, 3.05) is 13.1 Å². The van der Waals surface area contributed by atoms with Crippen LogP contribution in [0.3, 0.4) is 0 Å². The summed E-state index contributed by atoms with van der Waals surface area (Å²) in [6.07, 6.45) is 1.31. The molecular weight excluding hydrogens is 406 g/mol. The Labute approximate surface area is 179 Å². The van der Waals surface area contributed by atoms with Gasteiger partial charge in [-0.2, -0.15) is 5.26 Å². The Morgan fingerprint density at radius 2 is 1.94 bits per heavy atom. The first-order valence-electron chi connectivity index (χ1n) is 10.5. The summed E-state index contributed by atoms with van der Waals surface area (Å²) in [6, 6.07) is 8.03. The van der Waals surface area contributed by atoms with Crippen molar-refractivity contribution in [3.05, 3.63) is 35.4 Å². The molecule has 1 atom stereocenters. The third-order valence-corrected chi connectivity index (χ3v) is 6.37. The molecule has 0 bridgehead atoms. The molecular formula is C22H26F2N4O3. The van der Waals surface area contributed by atoms with E-state index in [0.717, 1.165) is 11.1 Å². The summed E-state index contributed by atoms with van der Waals surface area (Å²) in [7, 11) is 0. The van der Waals surface area contributed by atoms with Crippen molar-refractivity contribution in [2.24, 2.45) is 0 Å². The smallest absolute Gasteiger partial charge is 0.318 e. The van der Waals surface area contributed by atoms with Crippen molar-refractivity contribution in [1.82, 2.24) is 15.5 Å². The highest BCUT2D eigenvalue weighted by Crippen LogP contribution is 2.44. The van der Waals surface area contributed by atoms with Gasteiger partial charge in [0.25, 0.3) is 0 Å². The lowest BCUT2D eigenvalue weighted by molar-refractivity contribution is -0.126. The van der Waals surface area contributed by atoms with Crippen molar-refractivity contribution in [3.8, 4) is 6.07 Å². The van der Waals surface area contributed by atoms with E-state index in [1.807, 2.05) is 30.3 Å². The summed E-state index contributed by atoms with van der Waals surface area (Å²) in [5, 5.41) is 14.1. The normalized spacial score (nSPS) is 21.7. The number of nitriles is 1. The van der Waals surface area contributed by atoms with Gasteiger partial charge in [-0.05, 0) is 43.7 Å². The number of nitrogens with zero attached hydrogens (tertiary/aromatic N) is 2. The van der Waals surface area contributed by atoms with Gasteiger partial charge >= 0.3 is 6.03 Å². The molecule has 1 aromatic rings. The first-order chi connectivity index (χ1) is 14.7. The molecule has 1 spiro atoms. The number of hydrogen-bond donors (Lipinski definition) is 2. The van der Waals surface area contributed by atoms with E-state index < -0.39 is 41.5 Å². The highest BCUT2D eigenvalue weighted by Gasteiger charge is 2.47. The molecule has 0 unspecified atom stereocenters. The number of halogens is 2. The Bertz CT molecular complexity index is 912. The van der Waals surface area contributed by atoms with Crippen LogP contribution in [0.5, 0.6) is 0 Å². The maximum Gasteiger partial charge on any atom is 0.318 e. The van der Waals surface area contributed by atoms with Crippen LogP contribution in [-0.4, -0.2) is 47.4 Å². The monoisotopic (exact) mass is 432 g/mol. The Kier molecular flexibility index (Phi) is 5.38. The SMILES string of the molecule is CC(F)(F)C[C@H](NC(=O)N1CCC2(CC1)OCc1ccccc12)C(=O)NC1(C#N)CC1. The second kappa shape index (κ2) is 7.75. The van der Waals surface area contributed by atoms with Crippen LogP contribution in [0.15, 0.2) is 24.3 Å². The van der Waals surface area contributed by atoms with Crippen molar-refractivity contribution in [2.45, 2.75) is 68.7 Å². The number of hydrogen-bond acceptors (Lipinski definition) is 4. The van der Waals surface area contributed by atoms with Crippen LogP contribution < -0.4 is 10.6 Å². The van der Waals surface area contributed by atoms with E-state index in [4.69, 9.17) is 10.00 Å². The molecule has 1 aromatic carbocycles. The summed E-state index contributed by atoms with van der Waals surface area (Å²) in [6.45, 7) is 2.02. The van der Waals surface area contributed by atoms with Gasteiger partial charge in [-0.25, -0.2) is 13.6 Å². The molecule has 7 nitrogen and oxygen atoms in total. The molecule has 4 rings (SSSR count). The molecule has 3 amide bonds. The summed E-state index contributed by atoms with van der Waals surface area (Å²) in [5.41, 5.74) is 0.873. The molecule has 1 saturated carbocycles. The minimum Gasteiger partial charge on any atom is -0.365 e. The van der Waals surface area contributed by atoms with E-state index in [2.05, 4.69) is 10.6 Å². The summed E-state index contributed by atoms with van der Waals surface area (Å²) >= 11 is 0. The van der Waals surface area contributed by atoms with Gasteiger partial charge in [-0.1, -0.05) is 24.3 Å². The molecule has 0 aromatic heterocycles. The Morgan fingerprint density at radius 3 is 2.55 bits per heavy atom. The highest BCUT2D eigenvalue weighted by molar-refractivity contribution is 5.88. The molecule has 1 saturated heterocycles. The first-order valence-corrected chi connectivity index (χ1v) is 10.5. The lowest BCUT2D eigenvalue weighted by atomic mass is 9.84. The lowest BCUT2D eigenvalue weighted by Crippen LogP contribution is -2.56. The van der Waals surface area contributed by atoms with Crippen LogP contribution in [-0.2, 0) is 21.7 Å². The second-order valence-corrected chi connectivity index (χ2v) is 8.89. The average Bonchev–Trinajstić information content (AvgIpc) is 3.42. The van der Waals surface area contributed by atoms with Gasteiger partial charge in [-0.15, -0.1) is 0 Å². The van der Waals surface area contributed by atoms with E-state index >= 15 is 0 Å². The molecule has 3 aliphatic rings. The number of alkyl halides is 2. The Morgan fingerprint density at radius 1 is 1.26 bits per heavy atom. The van der Waals surface area contributed by atoms with Crippen molar-refractivity contribution >= 4 is 11.9 Å². The molecule has 2 aliphatic heterocycles. The average molecular weight is 432 g/mol. The number of carbonyl (C=O) groups excluding carboxylic acids is 2. The number of nitrogens with one attached hydrogen (secondary N) is 2. The van der Waals surface area contributed by atoms with Crippen LogP contribution in [0.2, 0.25) is 0 Å². The number of likely N-dealkylation sites (tertiary alicyclic amines) is 1. The van der Waals surface area contributed by atoms with Crippen LogP contribution >= 0.6 is 0 Å². The summed E-state index contributed by atoms with van der Waals surface area (Å²) in [4.78, 5) is 26.9. The van der Waals surface area contributed by atoms with Gasteiger partial charge in [0.05, 0.1) is 18.3 Å². The minimum absolute atomic E-state index is 0.388. The van der Waals surface area contributed by atoms with Gasteiger partial charge in [-0.3, -0.25) is 4.79 Å². The number of urea groups is 1. The van der Waals surface area contributed by atoms with Crippen LogP contribution in [0, 0.1) is 11.3 Å². The predicted octanol–water partition coefficient (Wildman–Crippen LogP) is 2.80. The molecule has 2 N–H and O–H groups in total. The van der Waals surface area contributed by atoms with Crippen molar-refractivity contribution in [1.29, 1.82) is 5.26 Å². The maximum atomic E-state index is 13.7. The Balaban J connectivity index is 1.39. The molecule has 31 heavy (non-hydrogen) atoms.